The monoisotopic (exact) mass is 728 g/mol. The minimum atomic E-state index is -0.983. The molecular formula is C42H40N4O6S. The van der Waals surface area contributed by atoms with E-state index in [2.05, 4.69) is 20.5 Å². The summed E-state index contributed by atoms with van der Waals surface area (Å²) in [5, 5.41) is 25.2. The first-order chi connectivity index (χ1) is 25.7. The number of aromatic carboxylic acids is 2. The topological polar surface area (TPSA) is 149 Å². The van der Waals surface area contributed by atoms with E-state index in [1.165, 1.54) is 23.6 Å². The van der Waals surface area contributed by atoms with Crippen molar-refractivity contribution in [3.63, 3.8) is 0 Å². The summed E-state index contributed by atoms with van der Waals surface area (Å²) in [5.41, 5.74) is 6.97. The number of carboxylic acids is 2. The zero-order valence-corrected chi connectivity index (χ0v) is 30.0. The Hall–Kier alpha value is -5.65. The van der Waals surface area contributed by atoms with Gasteiger partial charge in [0, 0.05) is 41.5 Å². The lowest BCUT2D eigenvalue weighted by Gasteiger charge is -2.22. The lowest BCUT2D eigenvalue weighted by atomic mass is 9.95. The number of carboxylic acid groups (broad SMARTS) is 2. The van der Waals surface area contributed by atoms with Gasteiger partial charge in [0.15, 0.2) is 0 Å². The Morgan fingerprint density at radius 2 is 1.42 bits per heavy atom. The molecular weight excluding hydrogens is 689 g/mol. The molecule has 0 radical (unpaired) electrons. The first kappa shape index (κ1) is 35.7. The van der Waals surface area contributed by atoms with Crippen molar-refractivity contribution in [1.29, 1.82) is 0 Å². The van der Waals surface area contributed by atoms with Gasteiger partial charge in [-0.3, -0.25) is 19.5 Å². The molecule has 0 spiro atoms. The third-order valence-electron chi connectivity index (χ3n) is 9.81. The maximum Gasteiger partial charge on any atom is 0.335 e. The van der Waals surface area contributed by atoms with Crippen LogP contribution in [0.1, 0.15) is 99.9 Å². The van der Waals surface area contributed by atoms with Gasteiger partial charge in [-0.05, 0) is 122 Å². The molecule has 2 heterocycles. The van der Waals surface area contributed by atoms with E-state index in [4.69, 9.17) is 5.11 Å². The van der Waals surface area contributed by atoms with Crippen molar-refractivity contribution in [3.8, 4) is 0 Å². The van der Waals surface area contributed by atoms with Crippen LogP contribution < -0.4 is 10.6 Å². The van der Waals surface area contributed by atoms with Crippen molar-refractivity contribution in [2.24, 2.45) is 0 Å². The number of pyridine rings is 1. The van der Waals surface area contributed by atoms with Crippen LogP contribution in [-0.4, -0.2) is 49.9 Å². The Morgan fingerprint density at radius 1 is 0.717 bits per heavy atom. The number of nitrogens with one attached hydrogen (secondary N) is 2. The van der Waals surface area contributed by atoms with E-state index in [1.54, 1.807) is 24.3 Å². The summed E-state index contributed by atoms with van der Waals surface area (Å²) in [6.07, 6.45) is 8.87. The average molecular weight is 729 g/mol. The molecule has 2 aliphatic carbocycles. The van der Waals surface area contributed by atoms with Gasteiger partial charge >= 0.3 is 11.9 Å². The minimum Gasteiger partial charge on any atom is -0.478 e. The summed E-state index contributed by atoms with van der Waals surface area (Å²) in [7, 11) is 0. The van der Waals surface area contributed by atoms with Gasteiger partial charge < -0.3 is 20.8 Å². The number of carbonyl (C=O) groups is 4. The fourth-order valence-corrected chi connectivity index (χ4v) is 8.11. The summed E-state index contributed by atoms with van der Waals surface area (Å²) in [4.78, 5) is 58.0. The molecule has 7 rings (SSSR count). The molecule has 1 saturated carbocycles. The number of aryl methyl sites for hydroxylation is 3. The van der Waals surface area contributed by atoms with Crippen molar-refractivity contribution in [2.45, 2.75) is 70.5 Å². The Bertz CT molecular complexity index is 2160. The predicted octanol–water partition coefficient (Wildman–Crippen LogP) is 7.87. The number of aromatic nitrogens is 1. The Balaban J connectivity index is 1.02. The van der Waals surface area contributed by atoms with Crippen molar-refractivity contribution in [1.82, 2.24) is 9.88 Å². The Morgan fingerprint density at radius 3 is 2.11 bits per heavy atom. The molecule has 0 saturated heterocycles. The lowest BCUT2D eigenvalue weighted by Crippen LogP contribution is -2.26. The molecule has 2 aromatic heterocycles. The summed E-state index contributed by atoms with van der Waals surface area (Å²) in [6.45, 7) is 1.10. The van der Waals surface area contributed by atoms with Crippen LogP contribution in [0.4, 0.5) is 10.7 Å². The molecule has 0 aliphatic heterocycles. The standard InChI is InChI=1S/C42H40N4O6S/c47-38(30-5-3-4-28(22-30)24-46(34-18-19-34)25-33-23-31(42(51)52)20-21-43-33)45-40-37(35-6-1-2-7-36(35)53-40)39(48)44-32-16-12-27(13-17-32)9-8-26-10-14-29(15-11-26)41(49)50/h3-5,10-17,20-23,34H,1-2,6-9,18-19,24-25H2,(H,44,48)(H,45,47)(H,49,50)(H,51,52). The number of nitrogens with zero attached hydrogens (tertiary/aromatic N) is 2. The second-order valence-corrected chi connectivity index (χ2v) is 14.8. The number of carbonyl (C=O) groups excluding carboxylic acids is 2. The van der Waals surface area contributed by atoms with E-state index in [0.29, 0.717) is 46.6 Å². The second kappa shape index (κ2) is 15.9. The van der Waals surface area contributed by atoms with E-state index < -0.39 is 11.9 Å². The van der Waals surface area contributed by atoms with E-state index in [9.17, 15) is 24.3 Å². The third kappa shape index (κ3) is 8.88. The Kier molecular flexibility index (Phi) is 10.7. The number of fused-ring (bicyclic) bond motifs is 1. The normalized spacial score (nSPS) is 13.7. The fourth-order valence-electron chi connectivity index (χ4n) is 6.83. The highest BCUT2D eigenvalue weighted by Crippen LogP contribution is 2.39. The average Bonchev–Trinajstić information content (AvgIpc) is 3.95. The summed E-state index contributed by atoms with van der Waals surface area (Å²) in [6, 6.07) is 25.6. The first-order valence-corrected chi connectivity index (χ1v) is 18.7. The highest BCUT2D eigenvalue weighted by atomic mass is 32.1. The zero-order chi connectivity index (χ0) is 36.9. The van der Waals surface area contributed by atoms with Crippen molar-refractivity contribution in [2.75, 3.05) is 10.6 Å². The molecule has 1 fully saturated rings. The molecule has 2 amide bonds. The van der Waals surface area contributed by atoms with E-state index in [0.717, 1.165) is 78.5 Å². The van der Waals surface area contributed by atoms with E-state index in [1.807, 2.05) is 54.6 Å². The van der Waals surface area contributed by atoms with Crippen LogP contribution in [0, 0.1) is 0 Å². The quantitative estimate of drug-likeness (QED) is 0.0903. The van der Waals surface area contributed by atoms with Gasteiger partial charge in [0.2, 0.25) is 0 Å². The predicted molar refractivity (Wildman–Crippen MR) is 204 cm³/mol. The molecule has 53 heavy (non-hydrogen) atoms. The van der Waals surface area contributed by atoms with Crippen LogP contribution in [0.5, 0.6) is 0 Å². The molecule has 3 aromatic carbocycles. The second-order valence-electron chi connectivity index (χ2n) is 13.7. The van der Waals surface area contributed by atoms with Crippen molar-refractivity contribution >= 4 is 45.8 Å². The first-order valence-electron chi connectivity index (χ1n) is 17.9. The summed E-state index contributed by atoms with van der Waals surface area (Å²) >= 11 is 1.48. The SMILES string of the molecule is O=C(O)c1ccc(CCc2ccc(NC(=O)c3c(NC(=O)c4cccc(CN(Cc5cc(C(=O)O)ccn5)C5CC5)c4)sc4c3CCCC4)cc2)cc1. The fraction of sp³-hybridized carbons (Fsp3) is 0.262. The summed E-state index contributed by atoms with van der Waals surface area (Å²) in [5.74, 6) is -2.46. The number of rotatable bonds is 14. The van der Waals surface area contributed by atoms with Gasteiger partial charge in [0.1, 0.15) is 5.00 Å². The number of anilines is 2. The van der Waals surface area contributed by atoms with Crippen LogP contribution in [0.2, 0.25) is 0 Å². The molecule has 5 aromatic rings. The minimum absolute atomic E-state index is 0.210. The van der Waals surface area contributed by atoms with Crippen LogP contribution in [0.25, 0.3) is 0 Å². The maximum atomic E-state index is 13.9. The van der Waals surface area contributed by atoms with Gasteiger partial charge in [0.05, 0.1) is 22.4 Å². The molecule has 11 heteroatoms. The van der Waals surface area contributed by atoms with E-state index >= 15 is 0 Å². The molecule has 4 N–H and O–H groups in total. The van der Waals surface area contributed by atoms with Gasteiger partial charge in [-0.2, -0.15) is 0 Å². The molecule has 2 aliphatic rings. The van der Waals surface area contributed by atoms with E-state index in [-0.39, 0.29) is 22.9 Å². The van der Waals surface area contributed by atoms with Gasteiger partial charge in [-0.15, -0.1) is 11.3 Å². The largest absolute Gasteiger partial charge is 0.478 e. The van der Waals surface area contributed by atoms with Crippen LogP contribution >= 0.6 is 11.3 Å². The molecule has 10 nitrogen and oxygen atoms in total. The van der Waals surface area contributed by atoms with Gasteiger partial charge in [0.25, 0.3) is 11.8 Å². The third-order valence-corrected chi connectivity index (χ3v) is 11.0. The highest BCUT2D eigenvalue weighted by molar-refractivity contribution is 7.17. The number of amides is 2. The highest BCUT2D eigenvalue weighted by Gasteiger charge is 2.30. The zero-order valence-electron chi connectivity index (χ0n) is 29.1. The Labute approximate surface area is 311 Å². The smallest absolute Gasteiger partial charge is 0.335 e. The summed E-state index contributed by atoms with van der Waals surface area (Å²) < 4.78 is 0. The number of benzene rings is 3. The van der Waals surface area contributed by atoms with Crippen LogP contribution in [0.15, 0.2) is 91.1 Å². The van der Waals surface area contributed by atoms with Gasteiger partial charge in [-0.1, -0.05) is 36.4 Å². The van der Waals surface area contributed by atoms with Crippen LogP contribution in [0.3, 0.4) is 0 Å². The number of hydrogen-bond acceptors (Lipinski definition) is 7. The van der Waals surface area contributed by atoms with Crippen molar-refractivity contribution in [3.05, 3.63) is 146 Å². The van der Waals surface area contributed by atoms with Gasteiger partial charge in [-0.25, -0.2) is 9.59 Å². The molecule has 270 valence electrons. The molecule has 0 atom stereocenters. The lowest BCUT2D eigenvalue weighted by molar-refractivity contribution is 0.0686. The molecule has 0 unspecified atom stereocenters. The van der Waals surface area contributed by atoms with Crippen LogP contribution in [-0.2, 0) is 38.8 Å². The number of hydrogen-bond donors (Lipinski definition) is 4. The maximum absolute atomic E-state index is 13.9. The number of thiophene rings is 1. The molecule has 0 bridgehead atoms. The van der Waals surface area contributed by atoms with Crippen molar-refractivity contribution < 1.29 is 29.4 Å².